The van der Waals surface area contributed by atoms with Gasteiger partial charge in [-0.1, -0.05) is 0 Å². The third kappa shape index (κ3) is 5.92. The van der Waals surface area contributed by atoms with Crippen LogP contribution in [0, 0.1) is 5.92 Å². The molecule has 0 N–H and O–H groups in total. The number of carbonyl (C=O) groups excluding carboxylic acids is 1. The molecule has 1 fully saturated rings. The predicted octanol–water partition coefficient (Wildman–Crippen LogP) is 0.647. The van der Waals surface area contributed by atoms with Crippen molar-refractivity contribution in [3.8, 4) is 0 Å². The molecular formula is C14H28N2O4S. The molecule has 2 atom stereocenters. The second-order valence-corrected chi connectivity index (χ2v) is 7.74. The Balaban J connectivity index is 2.59. The molecule has 0 bridgehead atoms. The fourth-order valence-corrected chi connectivity index (χ4v) is 3.74. The summed E-state index contributed by atoms with van der Waals surface area (Å²) in [6, 6.07) is 0. The third-order valence-corrected chi connectivity index (χ3v) is 5.22. The van der Waals surface area contributed by atoms with Crippen LogP contribution in [0.4, 0.5) is 0 Å². The molecule has 124 valence electrons. The summed E-state index contributed by atoms with van der Waals surface area (Å²) < 4.78 is 32.8. The zero-order valence-electron chi connectivity index (χ0n) is 13.4. The van der Waals surface area contributed by atoms with Crippen molar-refractivity contribution in [3.63, 3.8) is 0 Å². The van der Waals surface area contributed by atoms with Gasteiger partial charge in [0.1, 0.15) is 0 Å². The summed E-state index contributed by atoms with van der Waals surface area (Å²) in [6.45, 7) is 7.75. The average molecular weight is 320 g/mol. The van der Waals surface area contributed by atoms with E-state index in [2.05, 4.69) is 7.05 Å². The fraction of sp³-hybridized carbons (Fsp3) is 0.929. The van der Waals surface area contributed by atoms with Crippen LogP contribution in [0.15, 0.2) is 0 Å². The fourth-order valence-electron chi connectivity index (χ4n) is 3.26. The first kappa shape index (κ1) is 18.4. The summed E-state index contributed by atoms with van der Waals surface area (Å²) in [6.07, 6.45) is 2.25. The van der Waals surface area contributed by atoms with E-state index in [1.807, 2.05) is 18.7 Å². The van der Waals surface area contributed by atoms with Crippen molar-refractivity contribution in [2.45, 2.75) is 33.1 Å². The Morgan fingerprint density at radius 2 is 1.95 bits per heavy atom. The average Bonchev–Trinajstić information content (AvgIpc) is 2.38. The normalized spacial score (nSPS) is 26.6. The van der Waals surface area contributed by atoms with Gasteiger partial charge in [-0.25, -0.2) is 8.42 Å². The van der Waals surface area contributed by atoms with Gasteiger partial charge >= 0.3 is 0 Å². The van der Waals surface area contributed by atoms with Crippen LogP contribution < -0.4 is 0 Å². The molecule has 0 saturated carbocycles. The number of carbonyl (C=O) groups is 1. The number of quaternary nitrogens is 1. The minimum absolute atomic E-state index is 0.0208. The Labute approximate surface area is 128 Å². The van der Waals surface area contributed by atoms with Crippen molar-refractivity contribution in [3.05, 3.63) is 0 Å². The summed E-state index contributed by atoms with van der Waals surface area (Å²) in [7, 11) is -2.08. The van der Waals surface area contributed by atoms with E-state index in [4.69, 9.17) is 0 Å². The van der Waals surface area contributed by atoms with Gasteiger partial charge in [0.2, 0.25) is 5.91 Å². The minimum Gasteiger partial charge on any atom is -0.748 e. The summed E-state index contributed by atoms with van der Waals surface area (Å²) in [5.41, 5.74) is 0. The number of hydrogen-bond donors (Lipinski definition) is 0. The Hall–Kier alpha value is -0.660. The molecule has 1 rings (SSSR count). The van der Waals surface area contributed by atoms with Gasteiger partial charge in [-0.3, -0.25) is 4.79 Å². The van der Waals surface area contributed by atoms with Crippen LogP contribution >= 0.6 is 0 Å². The summed E-state index contributed by atoms with van der Waals surface area (Å²) in [5.74, 6) is -0.0804. The number of likely N-dealkylation sites (tertiary alicyclic amines) is 1. The molecule has 1 amide bonds. The first-order chi connectivity index (χ1) is 9.71. The molecule has 6 nitrogen and oxygen atoms in total. The summed E-state index contributed by atoms with van der Waals surface area (Å²) in [4.78, 5) is 14.3. The van der Waals surface area contributed by atoms with E-state index in [0.29, 0.717) is 17.4 Å². The zero-order valence-corrected chi connectivity index (χ0v) is 14.2. The van der Waals surface area contributed by atoms with Crippen LogP contribution in [0.3, 0.4) is 0 Å². The standard InChI is InChI=1S/C14H28N2O4S/c1-4-15(5-2)14(17)13-8-6-9-16(3,12-13)10-7-11-21(18,19)20/h13H,4-12H2,1-3H3. The number of amides is 1. The third-order valence-electron chi connectivity index (χ3n) is 4.43. The highest BCUT2D eigenvalue weighted by molar-refractivity contribution is 7.85. The second-order valence-electron chi connectivity index (χ2n) is 6.21. The molecule has 7 heteroatoms. The van der Waals surface area contributed by atoms with Gasteiger partial charge in [0.15, 0.2) is 0 Å². The van der Waals surface area contributed by atoms with E-state index in [1.165, 1.54) is 0 Å². The molecule has 0 aromatic rings. The van der Waals surface area contributed by atoms with Gasteiger partial charge in [0.05, 0.1) is 42.7 Å². The van der Waals surface area contributed by atoms with Gasteiger partial charge in [0.25, 0.3) is 0 Å². The van der Waals surface area contributed by atoms with E-state index >= 15 is 0 Å². The van der Waals surface area contributed by atoms with E-state index in [-0.39, 0.29) is 17.6 Å². The van der Waals surface area contributed by atoms with Crippen LogP contribution in [0.1, 0.15) is 33.1 Å². The number of hydrogen-bond acceptors (Lipinski definition) is 4. The maximum Gasteiger partial charge on any atom is 0.231 e. The quantitative estimate of drug-likeness (QED) is 0.510. The van der Waals surface area contributed by atoms with Crippen LogP contribution in [0.25, 0.3) is 0 Å². The van der Waals surface area contributed by atoms with Crippen molar-refractivity contribution < 1.29 is 22.2 Å². The Morgan fingerprint density at radius 3 is 2.48 bits per heavy atom. The summed E-state index contributed by atoms with van der Waals surface area (Å²) in [5, 5.41) is 0. The lowest BCUT2D eigenvalue weighted by Crippen LogP contribution is -2.55. The monoisotopic (exact) mass is 320 g/mol. The number of piperidine rings is 1. The molecule has 0 radical (unpaired) electrons. The molecule has 1 heterocycles. The van der Waals surface area contributed by atoms with Crippen molar-refractivity contribution in [1.29, 1.82) is 0 Å². The van der Waals surface area contributed by atoms with E-state index in [1.54, 1.807) is 0 Å². The molecule has 0 aromatic heterocycles. The second kappa shape index (κ2) is 7.56. The molecule has 1 aliphatic rings. The van der Waals surface area contributed by atoms with Crippen molar-refractivity contribution in [1.82, 2.24) is 4.90 Å². The van der Waals surface area contributed by atoms with Gasteiger partial charge in [0, 0.05) is 25.3 Å². The summed E-state index contributed by atoms with van der Waals surface area (Å²) >= 11 is 0. The smallest absolute Gasteiger partial charge is 0.231 e. The van der Waals surface area contributed by atoms with E-state index in [9.17, 15) is 17.8 Å². The van der Waals surface area contributed by atoms with Gasteiger partial charge in [-0.15, -0.1) is 0 Å². The van der Waals surface area contributed by atoms with Crippen molar-refractivity contribution >= 4 is 16.0 Å². The highest BCUT2D eigenvalue weighted by Crippen LogP contribution is 2.24. The number of nitrogens with zero attached hydrogens (tertiary/aromatic N) is 2. The Bertz CT molecular complexity index is 448. The van der Waals surface area contributed by atoms with Gasteiger partial charge in [-0.2, -0.15) is 0 Å². The SMILES string of the molecule is CCN(CC)C(=O)C1CCC[N+](C)(CCCS(=O)(=O)[O-])C1. The Morgan fingerprint density at radius 1 is 1.33 bits per heavy atom. The molecule has 1 aliphatic heterocycles. The lowest BCUT2D eigenvalue weighted by Gasteiger charge is -2.42. The predicted molar refractivity (Wildman–Crippen MR) is 80.6 cm³/mol. The highest BCUT2D eigenvalue weighted by Gasteiger charge is 2.36. The largest absolute Gasteiger partial charge is 0.748 e. The Kier molecular flexibility index (Phi) is 6.62. The highest BCUT2D eigenvalue weighted by atomic mass is 32.2. The molecule has 2 unspecified atom stereocenters. The van der Waals surface area contributed by atoms with Crippen molar-refractivity contribution in [2.24, 2.45) is 5.92 Å². The van der Waals surface area contributed by atoms with Crippen LogP contribution in [0.2, 0.25) is 0 Å². The van der Waals surface area contributed by atoms with E-state index < -0.39 is 10.1 Å². The molecule has 0 aliphatic carbocycles. The maximum absolute atomic E-state index is 12.5. The molecule has 0 spiro atoms. The molecule has 21 heavy (non-hydrogen) atoms. The van der Waals surface area contributed by atoms with Crippen molar-refractivity contribution in [2.75, 3.05) is 45.5 Å². The lowest BCUT2D eigenvalue weighted by molar-refractivity contribution is -0.916. The minimum atomic E-state index is -4.14. The number of rotatable bonds is 7. The lowest BCUT2D eigenvalue weighted by atomic mass is 9.94. The zero-order chi connectivity index (χ0) is 16.1. The molecule has 0 aromatic carbocycles. The first-order valence-corrected chi connectivity index (χ1v) is 9.34. The van der Waals surface area contributed by atoms with Crippen LogP contribution in [0.5, 0.6) is 0 Å². The first-order valence-electron chi connectivity index (χ1n) is 7.76. The van der Waals surface area contributed by atoms with E-state index in [0.717, 1.165) is 39.0 Å². The topological polar surface area (TPSA) is 77.5 Å². The maximum atomic E-state index is 12.5. The molecule has 1 saturated heterocycles. The van der Waals surface area contributed by atoms with Crippen LogP contribution in [-0.4, -0.2) is 73.8 Å². The van der Waals surface area contributed by atoms with Gasteiger partial charge < -0.3 is 13.9 Å². The molecular weight excluding hydrogens is 292 g/mol. The van der Waals surface area contributed by atoms with Crippen LogP contribution in [-0.2, 0) is 14.9 Å². The van der Waals surface area contributed by atoms with Gasteiger partial charge in [-0.05, 0) is 26.7 Å².